The van der Waals surface area contributed by atoms with E-state index in [0.717, 1.165) is 0 Å². The number of anilines is 1. The van der Waals surface area contributed by atoms with E-state index >= 15 is 0 Å². The Morgan fingerprint density at radius 3 is 2.90 bits per heavy atom. The fourth-order valence-electron chi connectivity index (χ4n) is 1.74. The zero-order valence-electron chi connectivity index (χ0n) is 11.1. The van der Waals surface area contributed by atoms with Crippen molar-refractivity contribution in [2.45, 2.75) is 13.3 Å². The minimum absolute atomic E-state index is 0.139. The summed E-state index contributed by atoms with van der Waals surface area (Å²) in [4.78, 5) is 11.6. The van der Waals surface area contributed by atoms with E-state index < -0.39 is 0 Å². The van der Waals surface area contributed by atoms with Crippen molar-refractivity contribution in [3.63, 3.8) is 0 Å². The van der Waals surface area contributed by atoms with E-state index in [4.69, 9.17) is 4.52 Å². The molecule has 6 heteroatoms. The maximum Gasteiger partial charge on any atom is 0.239 e. The van der Waals surface area contributed by atoms with Crippen LogP contribution in [0.2, 0.25) is 0 Å². The first-order valence-electron chi connectivity index (χ1n) is 6.32. The molecule has 20 heavy (non-hydrogen) atoms. The molecule has 0 aliphatic rings. The molecule has 0 saturated carbocycles. The SMILES string of the molecule is Cc1cc(NC(=O)CNCCc2ccccc2F)no1. The van der Waals surface area contributed by atoms with Crippen LogP contribution in [0.5, 0.6) is 0 Å². The van der Waals surface area contributed by atoms with Crippen molar-refractivity contribution in [3.05, 3.63) is 47.5 Å². The molecule has 0 bridgehead atoms. The number of carbonyl (C=O) groups excluding carboxylic acids is 1. The third kappa shape index (κ3) is 4.17. The van der Waals surface area contributed by atoms with Gasteiger partial charge in [-0.05, 0) is 31.5 Å². The molecule has 2 aromatic rings. The number of nitrogens with one attached hydrogen (secondary N) is 2. The Kier molecular flexibility index (Phi) is 4.84. The van der Waals surface area contributed by atoms with Crippen molar-refractivity contribution in [1.82, 2.24) is 10.5 Å². The minimum atomic E-state index is -0.225. The topological polar surface area (TPSA) is 67.2 Å². The molecule has 1 heterocycles. The normalized spacial score (nSPS) is 10.5. The zero-order chi connectivity index (χ0) is 14.4. The molecule has 0 fully saturated rings. The highest BCUT2D eigenvalue weighted by Crippen LogP contribution is 2.07. The molecule has 0 spiro atoms. The van der Waals surface area contributed by atoms with Gasteiger partial charge in [0.15, 0.2) is 5.82 Å². The monoisotopic (exact) mass is 277 g/mol. The first kappa shape index (κ1) is 14.2. The number of hydrogen-bond donors (Lipinski definition) is 2. The Morgan fingerprint density at radius 1 is 1.40 bits per heavy atom. The molecule has 2 rings (SSSR count). The second kappa shape index (κ2) is 6.81. The van der Waals surface area contributed by atoms with E-state index in [-0.39, 0.29) is 18.3 Å². The first-order valence-corrected chi connectivity index (χ1v) is 6.32. The lowest BCUT2D eigenvalue weighted by atomic mass is 10.1. The molecule has 2 N–H and O–H groups in total. The van der Waals surface area contributed by atoms with Crippen LogP contribution in [0.3, 0.4) is 0 Å². The Bertz CT molecular complexity index is 583. The summed E-state index contributed by atoms with van der Waals surface area (Å²) in [6, 6.07) is 8.24. The molecule has 0 saturated heterocycles. The lowest BCUT2D eigenvalue weighted by Crippen LogP contribution is -2.29. The average molecular weight is 277 g/mol. The summed E-state index contributed by atoms with van der Waals surface area (Å²) in [5.41, 5.74) is 0.632. The largest absolute Gasteiger partial charge is 0.360 e. The smallest absolute Gasteiger partial charge is 0.239 e. The first-order chi connectivity index (χ1) is 9.65. The van der Waals surface area contributed by atoms with E-state index in [1.54, 1.807) is 31.2 Å². The molecule has 0 unspecified atom stereocenters. The van der Waals surface area contributed by atoms with Gasteiger partial charge in [0.05, 0.1) is 6.54 Å². The van der Waals surface area contributed by atoms with E-state index in [9.17, 15) is 9.18 Å². The molecule has 5 nitrogen and oxygen atoms in total. The lowest BCUT2D eigenvalue weighted by molar-refractivity contribution is -0.115. The highest BCUT2D eigenvalue weighted by Gasteiger charge is 2.06. The van der Waals surface area contributed by atoms with Crippen molar-refractivity contribution >= 4 is 11.7 Å². The Balaban J connectivity index is 1.68. The quantitative estimate of drug-likeness (QED) is 0.791. The molecular formula is C14H16FN3O2. The molecule has 0 aliphatic heterocycles. The Hall–Kier alpha value is -2.21. The molecular weight excluding hydrogens is 261 g/mol. The van der Waals surface area contributed by atoms with E-state index in [2.05, 4.69) is 15.8 Å². The van der Waals surface area contributed by atoms with Gasteiger partial charge in [-0.2, -0.15) is 0 Å². The van der Waals surface area contributed by atoms with E-state index in [0.29, 0.717) is 30.1 Å². The standard InChI is InChI=1S/C14H16FN3O2/c1-10-8-13(18-20-10)17-14(19)9-16-7-6-11-4-2-3-5-12(11)15/h2-5,8,16H,6-7,9H2,1H3,(H,17,18,19). The molecule has 1 aromatic carbocycles. The highest BCUT2D eigenvalue weighted by molar-refractivity contribution is 5.91. The van der Waals surface area contributed by atoms with Gasteiger partial charge in [-0.3, -0.25) is 4.79 Å². The third-order valence-corrected chi connectivity index (χ3v) is 2.71. The minimum Gasteiger partial charge on any atom is -0.360 e. The van der Waals surface area contributed by atoms with Gasteiger partial charge in [-0.15, -0.1) is 0 Å². The van der Waals surface area contributed by atoms with Gasteiger partial charge in [-0.25, -0.2) is 4.39 Å². The lowest BCUT2D eigenvalue weighted by Gasteiger charge is -2.05. The fraction of sp³-hybridized carbons (Fsp3) is 0.286. The van der Waals surface area contributed by atoms with Crippen molar-refractivity contribution < 1.29 is 13.7 Å². The molecule has 0 atom stereocenters. The van der Waals surface area contributed by atoms with Gasteiger partial charge in [0.25, 0.3) is 0 Å². The number of aromatic nitrogens is 1. The van der Waals surface area contributed by atoms with Crippen LogP contribution in [0.4, 0.5) is 10.2 Å². The van der Waals surface area contributed by atoms with Crippen LogP contribution >= 0.6 is 0 Å². The van der Waals surface area contributed by atoms with Crippen LogP contribution < -0.4 is 10.6 Å². The summed E-state index contributed by atoms with van der Waals surface area (Å²) in [5, 5.41) is 9.20. The molecule has 1 amide bonds. The average Bonchev–Trinajstić information content (AvgIpc) is 2.82. The maximum atomic E-state index is 13.3. The van der Waals surface area contributed by atoms with Gasteiger partial charge >= 0.3 is 0 Å². The molecule has 0 radical (unpaired) electrons. The van der Waals surface area contributed by atoms with Crippen molar-refractivity contribution in [1.29, 1.82) is 0 Å². The second-order valence-corrected chi connectivity index (χ2v) is 4.39. The molecule has 1 aromatic heterocycles. The summed E-state index contributed by atoms with van der Waals surface area (Å²) in [5.74, 6) is 0.583. The van der Waals surface area contributed by atoms with Gasteiger partial charge in [0.2, 0.25) is 5.91 Å². The van der Waals surface area contributed by atoms with Gasteiger partial charge in [0, 0.05) is 6.07 Å². The zero-order valence-corrected chi connectivity index (χ0v) is 11.1. The summed E-state index contributed by atoms with van der Waals surface area (Å²) in [6.07, 6.45) is 0.531. The number of nitrogens with zero attached hydrogens (tertiary/aromatic N) is 1. The maximum absolute atomic E-state index is 13.3. The summed E-state index contributed by atoms with van der Waals surface area (Å²) < 4.78 is 18.2. The van der Waals surface area contributed by atoms with Crippen LogP contribution in [-0.4, -0.2) is 24.2 Å². The fourth-order valence-corrected chi connectivity index (χ4v) is 1.74. The number of halogens is 1. The number of benzene rings is 1. The van der Waals surface area contributed by atoms with Crippen LogP contribution in [0.15, 0.2) is 34.9 Å². The molecule has 106 valence electrons. The van der Waals surface area contributed by atoms with Crippen molar-refractivity contribution in [2.24, 2.45) is 0 Å². The summed E-state index contributed by atoms with van der Waals surface area (Å²) in [7, 11) is 0. The van der Waals surface area contributed by atoms with Crippen LogP contribution in [0.25, 0.3) is 0 Å². The van der Waals surface area contributed by atoms with Crippen LogP contribution in [0.1, 0.15) is 11.3 Å². The predicted octanol–water partition coefficient (Wildman–Crippen LogP) is 1.89. The van der Waals surface area contributed by atoms with E-state index in [1.807, 2.05) is 0 Å². The Morgan fingerprint density at radius 2 is 2.20 bits per heavy atom. The van der Waals surface area contributed by atoms with Crippen molar-refractivity contribution in [3.8, 4) is 0 Å². The van der Waals surface area contributed by atoms with Gasteiger partial charge in [-0.1, -0.05) is 23.4 Å². The van der Waals surface area contributed by atoms with Gasteiger partial charge in [0.1, 0.15) is 11.6 Å². The summed E-state index contributed by atoms with van der Waals surface area (Å²) >= 11 is 0. The van der Waals surface area contributed by atoms with E-state index in [1.165, 1.54) is 6.07 Å². The number of hydrogen-bond acceptors (Lipinski definition) is 4. The number of aryl methyl sites for hydroxylation is 1. The van der Waals surface area contributed by atoms with Crippen LogP contribution in [0, 0.1) is 12.7 Å². The number of amides is 1. The van der Waals surface area contributed by atoms with Crippen molar-refractivity contribution in [2.75, 3.05) is 18.4 Å². The second-order valence-electron chi connectivity index (χ2n) is 4.39. The number of carbonyl (C=O) groups is 1. The molecule has 0 aliphatic carbocycles. The predicted molar refractivity (Wildman–Crippen MR) is 72.8 cm³/mol. The van der Waals surface area contributed by atoms with Crippen LogP contribution in [-0.2, 0) is 11.2 Å². The van der Waals surface area contributed by atoms with Gasteiger partial charge < -0.3 is 15.2 Å². The highest BCUT2D eigenvalue weighted by atomic mass is 19.1. The summed E-state index contributed by atoms with van der Waals surface area (Å²) in [6.45, 7) is 2.40. The third-order valence-electron chi connectivity index (χ3n) is 2.71. The Labute approximate surface area is 116 Å². The number of rotatable bonds is 6.